The van der Waals surface area contributed by atoms with Crippen LogP contribution in [0.3, 0.4) is 0 Å². The molecule has 0 atom stereocenters. The number of amides is 1. The van der Waals surface area contributed by atoms with Crippen LogP contribution in [-0.2, 0) is 4.79 Å². The maximum Gasteiger partial charge on any atom is 0.239 e. The van der Waals surface area contributed by atoms with Gasteiger partial charge in [0, 0.05) is 23.8 Å². The largest absolute Gasteiger partial charge is 0.389 e. The van der Waals surface area contributed by atoms with E-state index in [9.17, 15) is 4.79 Å². The van der Waals surface area contributed by atoms with Gasteiger partial charge in [0.2, 0.25) is 5.91 Å². The molecule has 110 valence electrons. The molecule has 4 nitrogen and oxygen atoms in total. The molecule has 0 heterocycles. The summed E-state index contributed by atoms with van der Waals surface area (Å²) in [6.07, 6.45) is 0.888. The van der Waals surface area contributed by atoms with Gasteiger partial charge in [-0.25, -0.2) is 0 Å². The van der Waals surface area contributed by atoms with E-state index < -0.39 is 0 Å². The van der Waals surface area contributed by atoms with Crippen LogP contribution in [0, 0.1) is 0 Å². The Balaban J connectivity index is 2.71. The van der Waals surface area contributed by atoms with Crippen molar-refractivity contribution in [3.63, 3.8) is 0 Å². The minimum absolute atomic E-state index is 0.0000723. The molecule has 0 saturated heterocycles. The first kappa shape index (κ1) is 16.4. The average molecular weight is 293 g/mol. The molecule has 0 aromatic heterocycles. The summed E-state index contributed by atoms with van der Waals surface area (Å²) < 4.78 is 0. The SMILES string of the molecule is CCC(C)(C)NC(=O)CN(C)c1cccc(C(N)=S)c1. The summed E-state index contributed by atoms with van der Waals surface area (Å²) in [5.41, 5.74) is 7.16. The molecular formula is C15H23N3OS. The van der Waals surface area contributed by atoms with Gasteiger partial charge < -0.3 is 16.0 Å². The Hall–Kier alpha value is -1.62. The molecule has 1 aromatic rings. The molecule has 0 aliphatic rings. The Morgan fingerprint density at radius 3 is 2.65 bits per heavy atom. The number of benzene rings is 1. The monoisotopic (exact) mass is 293 g/mol. The normalized spacial score (nSPS) is 11.0. The number of rotatable bonds is 6. The second-order valence-corrected chi connectivity index (χ2v) is 6.00. The van der Waals surface area contributed by atoms with Crippen LogP contribution in [0.25, 0.3) is 0 Å². The second-order valence-electron chi connectivity index (χ2n) is 5.56. The molecule has 3 N–H and O–H groups in total. The fraction of sp³-hybridized carbons (Fsp3) is 0.467. The Bertz CT molecular complexity index is 500. The predicted octanol–water partition coefficient (Wildman–Crippen LogP) is 2.06. The lowest BCUT2D eigenvalue weighted by atomic mass is 10.0. The maximum atomic E-state index is 12.0. The zero-order valence-corrected chi connectivity index (χ0v) is 13.4. The number of nitrogens with one attached hydrogen (secondary N) is 1. The van der Waals surface area contributed by atoms with Crippen molar-refractivity contribution in [1.82, 2.24) is 5.32 Å². The van der Waals surface area contributed by atoms with Gasteiger partial charge in [0.05, 0.1) is 6.54 Å². The third-order valence-electron chi connectivity index (χ3n) is 3.31. The molecule has 0 aliphatic carbocycles. The molecule has 1 rings (SSSR count). The minimum Gasteiger partial charge on any atom is -0.389 e. The lowest BCUT2D eigenvalue weighted by Crippen LogP contribution is -2.46. The van der Waals surface area contributed by atoms with Gasteiger partial charge in [-0.1, -0.05) is 31.3 Å². The molecule has 0 saturated carbocycles. The van der Waals surface area contributed by atoms with E-state index >= 15 is 0 Å². The molecule has 0 unspecified atom stereocenters. The zero-order valence-electron chi connectivity index (χ0n) is 12.6. The van der Waals surface area contributed by atoms with Crippen LogP contribution in [0.5, 0.6) is 0 Å². The van der Waals surface area contributed by atoms with Crippen molar-refractivity contribution < 1.29 is 4.79 Å². The van der Waals surface area contributed by atoms with Gasteiger partial charge in [0.15, 0.2) is 0 Å². The van der Waals surface area contributed by atoms with Gasteiger partial charge in [-0.3, -0.25) is 4.79 Å². The van der Waals surface area contributed by atoms with E-state index in [1.165, 1.54) is 0 Å². The first-order valence-electron chi connectivity index (χ1n) is 6.67. The lowest BCUT2D eigenvalue weighted by molar-refractivity contribution is -0.121. The zero-order chi connectivity index (χ0) is 15.3. The van der Waals surface area contributed by atoms with Crippen LogP contribution in [0.1, 0.15) is 32.8 Å². The van der Waals surface area contributed by atoms with E-state index in [1.807, 2.05) is 50.1 Å². The van der Waals surface area contributed by atoms with E-state index in [-0.39, 0.29) is 11.4 Å². The van der Waals surface area contributed by atoms with Gasteiger partial charge in [0.1, 0.15) is 4.99 Å². The summed E-state index contributed by atoms with van der Waals surface area (Å²) in [6.45, 7) is 6.37. The van der Waals surface area contributed by atoms with Crippen LogP contribution >= 0.6 is 12.2 Å². The number of nitrogens with zero attached hydrogens (tertiary/aromatic N) is 1. The van der Waals surface area contributed by atoms with Crippen molar-refractivity contribution in [2.45, 2.75) is 32.7 Å². The van der Waals surface area contributed by atoms with Crippen LogP contribution in [0.4, 0.5) is 5.69 Å². The highest BCUT2D eigenvalue weighted by molar-refractivity contribution is 7.80. The number of likely N-dealkylation sites (N-methyl/N-ethyl adjacent to an activating group) is 1. The van der Waals surface area contributed by atoms with Crippen LogP contribution in [0.15, 0.2) is 24.3 Å². The fourth-order valence-corrected chi connectivity index (χ4v) is 1.84. The Kier molecular flexibility index (Phi) is 5.51. The topological polar surface area (TPSA) is 58.4 Å². The summed E-state index contributed by atoms with van der Waals surface area (Å²) in [5.74, 6) is 0.0000723. The van der Waals surface area contributed by atoms with E-state index in [1.54, 1.807) is 0 Å². The highest BCUT2D eigenvalue weighted by atomic mass is 32.1. The Morgan fingerprint density at radius 2 is 2.10 bits per heavy atom. The number of carbonyl (C=O) groups is 1. The Labute approximate surface area is 126 Å². The maximum absolute atomic E-state index is 12.0. The smallest absolute Gasteiger partial charge is 0.239 e. The van der Waals surface area contributed by atoms with Gasteiger partial charge in [-0.15, -0.1) is 0 Å². The molecule has 0 aliphatic heterocycles. The quantitative estimate of drug-likeness (QED) is 0.788. The van der Waals surface area contributed by atoms with Crippen LogP contribution in [0.2, 0.25) is 0 Å². The summed E-state index contributed by atoms with van der Waals surface area (Å²) >= 11 is 4.96. The molecule has 5 heteroatoms. The number of carbonyl (C=O) groups excluding carboxylic acids is 1. The highest BCUT2D eigenvalue weighted by Crippen LogP contribution is 2.15. The first-order valence-corrected chi connectivity index (χ1v) is 7.08. The molecule has 0 spiro atoms. The number of hydrogen-bond donors (Lipinski definition) is 2. The molecule has 1 aromatic carbocycles. The molecule has 20 heavy (non-hydrogen) atoms. The van der Waals surface area contributed by atoms with Crippen molar-refractivity contribution in [1.29, 1.82) is 0 Å². The van der Waals surface area contributed by atoms with Gasteiger partial charge in [0.25, 0.3) is 0 Å². The average Bonchev–Trinajstić information content (AvgIpc) is 2.38. The van der Waals surface area contributed by atoms with E-state index in [0.29, 0.717) is 11.5 Å². The van der Waals surface area contributed by atoms with Crippen molar-refractivity contribution in [2.24, 2.45) is 5.73 Å². The van der Waals surface area contributed by atoms with Crippen LogP contribution in [-0.4, -0.2) is 30.0 Å². The van der Waals surface area contributed by atoms with Gasteiger partial charge in [-0.05, 0) is 32.4 Å². The third-order valence-corrected chi connectivity index (χ3v) is 3.55. The fourth-order valence-electron chi connectivity index (χ4n) is 1.71. The predicted molar refractivity (Wildman–Crippen MR) is 88.1 cm³/mol. The van der Waals surface area contributed by atoms with E-state index in [4.69, 9.17) is 18.0 Å². The van der Waals surface area contributed by atoms with Crippen molar-refractivity contribution >= 4 is 28.8 Å². The number of anilines is 1. The van der Waals surface area contributed by atoms with Crippen molar-refractivity contribution in [3.8, 4) is 0 Å². The summed E-state index contributed by atoms with van der Waals surface area (Å²) in [4.78, 5) is 14.3. The third kappa shape index (κ3) is 4.81. The molecule has 0 fully saturated rings. The second kappa shape index (κ2) is 6.70. The summed E-state index contributed by atoms with van der Waals surface area (Å²) in [7, 11) is 1.87. The minimum atomic E-state index is -0.182. The highest BCUT2D eigenvalue weighted by Gasteiger charge is 2.18. The molecule has 0 radical (unpaired) electrons. The molecular weight excluding hydrogens is 270 g/mol. The van der Waals surface area contributed by atoms with Gasteiger partial charge in [-0.2, -0.15) is 0 Å². The van der Waals surface area contributed by atoms with Crippen molar-refractivity contribution in [3.05, 3.63) is 29.8 Å². The summed E-state index contributed by atoms with van der Waals surface area (Å²) in [5, 5.41) is 3.01. The number of hydrogen-bond acceptors (Lipinski definition) is 3. The van der Waals surface area contributed by atoms with E-state index in [2.05, 4.69) is 12.2 Å². The summed E-state index contributed by atoms with van der Waals surface area (Å²) in [6, 6.07) is 7.56. The Morgan fingerprint density at radius 1 is 1.45 bits per heavy atom. The van der Waals surface area contributed by atoms with Gasteiger partial charge >= 0.3 is 0 Å². The lowest BCUT2D eigenvalue weighted by Gasteiger charge is -2.27. The number of thiocarbonyl (C=S) groups is 1. The standard InChI is InChI=1S/C15H23N3OS/c1-5-15(2,3)17-13(19)10-18(4)12-8-6-7-11(9-12)14(16)20/h6-9H,5,10H2,1-4H3,(H2,16,20)(H,17,19). The molecule has 0 bridgehead atoms. The van der Waals surface area contributed by atoms with Crippen molar-refractivity contribution in [2.75, 3.05) is 18.5 Å². The molecule has 1 amide bonds. The first-order chi connectivity index (χ1) is 9.25. The number of nitrogens with two attached hydrogens (primary N) is 1. The van der Waals surface area contributed by atoms with Crippen LogP contribution < -0.4 is 16.0 Å². The van der Waals surface area contributed by atoms with E-state index in [0.717, 1.165) is 17.7 Å².